The minimum absolute atomic E-state index is 0.172. The summed E-state index contributed by atoms with van der Waals surface area (Å²) in [6.45, 7) is 5.32. The topological polar surface area (TPSA) is 91.8 Å². The van der Waals surface area contributed by atoms with Gasteiger partial charge in [0.1, 0.15) is 11.5 Å². The molecule has 8 nitrogen and oxygen atoms in total. The standard InChI is InChI=1S/C24H26N4O4S/c1-2-27-13-15-28(16-14-27)33(30,31)23-7-3-5-20(17-23)26-24(29)19-8-10-21(11-9-19)32-22-6-4-12-25-18-22/h3-12,17-18H,2,13-16H2,1H3,(H,26,29). The minimum atomic E-state index is -3.62. The molecule has 0 bridgehead atoms. The van der Waals surface area contributed by atoms with Crippen molar-refractivity contribution in [1.82, 2.24) is 14.2 Å². The van der Waals surface area contributed by atoms with Gasteiger partial charge in [-0.2, -0.15) is 4.31 Å². The van der Waals surface area contributed by atoms with Crippen LogP contribution >= 0.6 is 0 Å². The lowest BCUT2D eigenvalue weighted by Gasteiger charge is -2.33. The van der Waals surface area contributed by atoms with Gasteiger partial charge in [0.05, 0.1) is 11.1 Å². The van der Waals surface area contributed by atoms with E-state index in [0.29, 0.717) is 48.9 Å². The Bertz CT molecular complexity index is 1190. The van der Waals surface area contributed by atoms with E-state index in [1.807, 2.05) is 0 Å². The maximum Gasteiger partial charge on any atom is 0.255 e. The monoisotopic (exact) mass is 466 g/mol. The molecule has 1 N–H and O–H groups in total. The molecule has 0 unspecified atom stereocenters. The van der Waals surface area contributed by atoms with E-state index in [0.717, 1.165) is 6.54 Å². The van der Waals surface area contributed by atoms with Crippen LogP contribution in [-0.2, 0) is 10.0 Å². The molecule has 2 heterocycles. The van der Waals surface area contributed by atoms with Crippen molar-refractivity contribution in [2.45, 2.75) is 11.8 Å². The molecule has 33 heavy (non-hydrogen) atoms. The Morgan fingerprint density at radius 3 is 2.42 bits per heavy atom. The Morgan fingerprint density at radius 2 is 1.76 bits per heavy atom. The zero-order valence-electron chi connectivity index (χ0n) is 18.3. The summed E-state index contributed by atoms with van der Waals surface area (Å²) in [5.41, 5.74) is 0.849. The van der Waals surface area contributed by atoms with Crippen LogP contribution in [0.3, 0.4) is 0 Å². The quantitative estimate of drug-likeness (QED) is 0.573. The largest absolute Gasteiger partial charge is 0.456 e. The molecule has 0 saturated carbocycles. The second-order valence-corrected chi connectivity index (χ2v) is 9.57. The third-order valence-electron chi connectivity index (χ3n) is 5.49. The van der Waals surface area contributed by atoms with Crippen LogP contribution in [0, 0.1) is 0 Å². The average Bonchev–Trinajstić information content (AvgIpc) is 2.85. The van der Waals surface area contributed by atoms with Crippen molar-refractivity contribution in [1.29, 1.82) is 0 Å². The van der Waals surface area contributed by atoms with Gasteiger partial charge in [-0.1, -0.05) is 13.0 Å². The first-order chi connectivity index (χ1) is 16.0. The predicted molar refractivity (Wildman–Crippen MR) is 126 cm³/mol. The number of nitrogens with zero attached hydrogens (tertiary/aromatic N) is 3. The fourth-order valence-electron chi connectivity index (χ4n) is 3.59. The Morgan fingerprint density at radius 1 is 1.00 bits per heavy atom. The van der Waals surface area contributed by atoms with Gasteiger partial charge in [0.15, 0.2) is 0 Å². The zero-order valence-corrected chi connectivity index (χ0v) is 19.2. The highest BCUT2D eigenvalue weighted by atomic mass is 32.2. The summed E-state index contributed by atoms with van der Waals surface area (Å²) in [4.78, 5) is 19.1. The lowest BCUT2D eigenvalue weighted by molar-refractivity contribution is 0.102. The molecule has 0 radical (unpaired) electrons. The molecule has 0 atom stereocenters. The number of ether oxygens (including phenoxy) is 1. The van der Waals surface area contributed by atoms with Crippen LogP contribution in [0.1, 0.15) is 17.3 Å². The molecule has 0 aliphatic carbocycles. The van der Waals surface area contributed by atoms with E-state index in [9.17, 15) is 13.2 Å². The molecule has 9 heteroatoms. The summed E-state index contributed by atoms with van der Waals surface area (Å²) < 4.78 is 33.3. The summed E-state index contributed by atoms with van der Waals surface area (Å²) in [5.74, 6) is 0.841. The Balaban J connectivity index is 1.42. The van der Waals surface area contributed by atoms with E-state index >= 15 is 0 Å². The maximum absolute atomic E-state index is 13.1. The van der Waals surface area contributed by atoms with Crippen LogP contribution in [0.5, 0.6) is 11.5 Å². The van der Waals surface area contributed by atoms with Gasteiger partial charge in [-0.05, 0) is 61.1 Å². The first-order valence-electron chi connectivity index (χ1n) is 10.8. The fraction of sp³-hybridized carbons (Fsp3) is 0.250. The number of aromatic nitrogens is 1. The van der Waals surface area contributed by atoms with Gasteiger partial charge >= 0.3 is 0 Å². The number of carbonyl (C=O) groups excluding carboxylic acids is 1. The number of rotatable bonds is 7. The highest BCUT2D eigenvalue weighted by Crippen LogP contribution is 2.23. The van der Waals surface area contributed by atoms with Crippen molar-refractivity contribution in [3.63, 3.8) is 0 Å². The summed E-state index contributed by atoms with van der Waals surface area (Å²) in [5, 5.41) is 2.78. The van der Waals surface area contributed by atoms with Crippen LogP contribution in [-0.4, -0.2) is 61.2 Å². The molecule has 1 fully saturated rings. The number of anilines is 1. The Kier molecular flexibility index (Phi) is 7.02. The number of benzene rings is 2. The number of nitrogens with one attached hydrogen (secondary N) is 1. The summed E-state index contributed by atoms with van der Waals surface area (Å²) in [6, 6.07) is 16.6. The van der Waals surface area contributed by atoms with E-state index in [2.05, 4.69) is 22.1 Å². The third-order valence-corrected chi connectivity index (χ3v) is 7.39. The van der Waals surface area contributed by atoms with Crippen LogP contribution in [0.25, 0.3) is 0 Å². The van der Waals surface area contributed by atoms with Crippen molar-refractivity contribution >= 4 is 21.6 Å². The van der Waals surface area contributed by atoms with Crippen LogP contribution < -0.4 is 10.1 Å². The molecule has 4 rings (SSSR count). The highest BCUT2D eigenvalue weighted by molar-refractivity contribution is 7.89. The van der Waals surface area contributed by atoms with E-state index in [1.54, 1.807) is 67.0 Å². The van der Waals surface area contributed by atoms with Gasteiger partial charge in [0, 0.05) is 43.6 Å². The van der Waals surface area contributed by atoms with Gasteiger partial charge in [-0.25, -0.2) is 8.42 Å². The van der Waals surface area contributed by atoms with Gasteiger partial charge in [-0.15, -0.1) is 0 Å². The van der Waals surface area contributed by atoms with Crippen LogP contribution in [0.4, 0.5) is 5.69 Å². The molecule has 1 aliphatic rings. The van der Waals surface area contributed by atoms with Gasteiger partial charge in [0.25, 0.3) is 5.91 Å². The molecule has 3 aromatic rings. The Labute approximate surface area is 193 Å². The fourth-order valence-corrected chi connectivity index (χ4v) is 5.06. The summed E-state index contributed by atoms with van der Waals surface area (Å²) >= 11 is 0. The number of sulfonamides is 1. The van der Waals surface area contributed by atoms with E-state index < -0.39 is 10.0 Å². The van der Waals surface area contributed by atoms with Crippen molar-refractivity contribution in [3.05, 3.63) is 78.6 Å². The third kappa shape index (κ3) is 5.57. The lowest BCUT2D eigenvalue weighted by atomic mass is 10.2. The first kappa shape index (κ1) is 22.9. The van der Waals surface area contributed by atoms with Crippen molar-refractivity contribution < 1.29 is 17.9 Å². The SMILES string of the molecule is CCN1CCN(S(=O)(=O)c2cccc(NC(=O)c3ccc(Oc4cccnc4)cc3)c2)CC1. The van der Waals surface area contributed by atoms with Crippen molar-refractivity contribution in [2.75, 3.05) is 38.0 Å². The molecule has 1 saturated heterocycles. The first-order valence-corrected chi connectivity index (χ1v) is 12.2. The summed E-state index contributed by atoms with van der Waals surface area (Å²) in [6.07, 6.45) is 3.26. The number of piperazine rings is 1. The van der Waals surface area contributed by atoms with Gasteiger partial charge in [-0.3, -0.25) is 9.78 Å². The molecule has 1 amide bonds. The Hall–Kier alpha value is -3.27. The molecular formula is C24H26N4O4S. The van der Waals surface area contributed by atoms with E-state index in [1.165, 1.54) is 10.4 Å². The normalized spacial score (nSPS) is 15.2. The number of likely N-dealkylation sites (N-methyl/N-ethyl adjacent to an activating group) is 1. The molecule has 0 spiro atoms. The molecule has 1 aromatic heterocycles. The molecule has 1 aliphatic heterocycles. The number of pyridine rings is 1. The second-order valence-electron chi connectivity index (χ2n) is 7.64. The molecule has 2 aromatic carbocycles. The summed E-state index contributed by atoms with van der Waals surface area (Å²) in [7, 11) is -3.62. The second kappa shape index (κ2) is 10.1. The number of carbonyl (C=O) groups is 1. The minimum Gasteiger partial charge on any atom is -0.456 e. The zero-order chi connectivity index (χ0) is 23.3. The number of hydrogen-bond donors (Lipinski definition) is 1. The van der Waals surface area contributed by atoms with E-state index in [-0.39, 0.29) is 10.8 Å². The van der Waals surface area contributed by atoms with Gasteiger partial charge in [0.2, 0.25) is 10.0 Å². The number of amides is 1. The molecular weight excluding hydrogens is 440 g/mol. The van der Waals surface area contributed by atoms with Crippen LogP contribution in [0.2, 0.25) is 0 Å². The van der Waals surface area contributed by atoms with Gasteiger partial charge < -0.3 is 15.0 Å². The number of hydrogen-bond acceptors (Lipinski definition) is 6. The maximum atomic E-state index is 13.1. The smallest absolute Gasteiger partial charge is 0.255 e. The van der Waals surface area contributed by atoms with Crippen molar-refractivity contribution in [3.8, 4) is 11.5 Å². The predicted octanol–water partition coefficient (Wildman–Crippen LogP) is 3.45. The lowest BCUT2D eigenvalue weighted by Crippen LogP contribution is -2.48. The van der Waals surface area contributed by atoms with Crippen LogP contribution in [0.15, 0.2) is 78.0 Å². The van der Waals surface area contributed by atoms with Crippen molar-refractivity contribution in [2.24, 2.45) is 0 Å². The van der Waals surface area contributed by atoms with E-state index in [4.69, 9.17) is 4.74 Å². The average molecular weight is 467 g/mol. The molecule has 172 valence electrons. The highest BCUT2D eigenvalue weighted by Gasteiger charge is 2.28.